The van der Waals surface area contributed by atoms with Crippen LogP contribution in [-0.2, 0) is 0 Å². The van der Waals surface area contributed by atoms with Gasteiger partial charge in [0, 0.05) is 33.2 Å². The van der Waals surface area contributed by atoms with Crippen molar-refractivity contribution >= 4 is 67.8 Å². The minimum atomic E-state index is 0.245. The maximum Gasteiger partial charge on any atom is 0.115 e. The van der Waals surface area contributed by atoms with Gasteiger partial charge in [-0.3, -0.25) is 20.8 Å². The van der Waals surface area contributed by atoms with Crippen LogP contribution in [0.15, 0.2) is 126 Å². The molecule has 0 amide bonds. The zero-order chi connectivity index (χ0) is 31.6. The highest BCUT2D eigenvalue weighted by Gasteiger charge is 2.06. The Hall–Kier alpha value is -4.98. The summed E-state index contributed by atoms with van der Waals surface area (Å²) in [4.78, 5) is 8.65. The van der Waals surface area contributed by atoms with Crippen molar-refractivity contribution in [1.82, 2.24) is 9.97 Å². The molecule has 3 N–H and O–H groups in total. The van der Waals surface area contributed by atoms with Crippen LogP contribution in [0.1, 0.15) is 37.8 Å². The average molecular weight is 636 g/mol. The number of phenols is 1. The number of hydrogen-bond donors (Lipinski definition) is 3. The topological polar surface area (TPSA) is 94.8 Å². The van der Waals surface area contributed by atoms with Gasteiger partial charge >= 0.3 is 0 Å². The second kappa shape index (κ2) is 15.1. The van der Waals surface area contributed by atoms with Gasteiger partial charge in [-0.25, -0.2) is 0 Å². The summed E-state index contributed by atoms with van der Waals surface area (Å²) in [6.45, 7) is 4.13. The fourth-order valence-electron chi connectivity index (χ4n) is 4.67. The summed E-state index contributed by atoms with van der Waals surface area (Å²) >= 11 is 12.0. The van der Waals surface area contributed by atoms with Crippen LogP contribution >= 0.6 is 23.2 Å². The van der Waals surface area contributed by atoms with Crippen LogP contribution in [0, 0.1) is 0 Å². The highest BCUT2D eigenvalue weighted by Crippen LogP contribution is 2.26. The number of benzene rings is 4. The molecule has 2 heterocycles. The first-order valence-corrected chi connectivity index (χ1v) is 15.3. The number of pyridine rings is 2. The van der Waals surface area contributed by atoms with Crippen molar-refractivity contribution in [2.75, 3.05) is 10.9 Å². The average Bonchev–Trinajstić information content (AvgIpc) is 3.06. The predicted octanol–water partition coefficient (Wildman–Crippen LogP) is 9.93. The second-order valence-corrected chi connectivity index (χ2v) is 10.9. The fraction of sp³-hybridized carbons (Fsp3) is 0.111. The molecule has 6 aromatic rings. The molecule has 9 heteroatoms. The zero-order valence-corrected chi connectivity index (χ0v) is 26.4. The van der Waals surface area contributed by atoms with Gasteiger partial charge in [0.1, 0.15) is 5.75 Å². The first-order valence-electron chi connectivity index (χ1n) is 14.5. The third kappa shape index (κ3) is 8.15. The van der Waals surface area contributed by atoms with E-state index in [0.29, 0.717) is 10.0 Å². The Morgan fingerprint density at radius 1 is 0.622 bits per heavy atom. The Balaban J connectivity index is 0.000000178. The Labute approximate surface area is 272 Å². The molecule has 0 spiro atoms. The molecule has 0 saturated carbocycles. The molecular formula is C36H32Cl2N6O. The molecule has 0 fully saturated rings. The highest BCUT2D eigenvalue weighted by molar-refractivity contribution is 6.31. The molecule has 2 aromatic heterocycles. The van der Waals surface area contributed by atoms with Gasteiger partial charge in [-0.15, -0.1) is 0 Å². The summed E-state index contributed by atoms with van der Waals surface area (Å²) in [5, 5.41) is 21.8. The lowest BCUT2D eigenvalue weighted by Gasteiger charge is -2.08. The van der Waals surface area contributed by atoms with Crippen molar-refractivity contribution < 1.29 is 5.11 Å². The predicted molar refractivity (Wildman–Crippen MR) is 189 cm³/mol. The number of aromatic hydroxyl groups is 1. The van der Waals surface area contributed by atoms with Crippen molar-refractivity contribution in [2.45, 2.75) is 26.7 Å². The Morgan fingerprint density at radius 3 is 1.56 bits per heavy atom. The maximum atomic E-state index is 9.39. The third-order valence-corrected chi connectivity index (χ3v) is 7.48. The number of nitrogens with zero attached hydrogens (tertiary/aromatic N) is 4. The first kappa shape index (κ1) is 31.4. The summed E-state index contributed by atoms with van der Waals surface area (Å²) in [7, 11) is 0. The molecule has 0 aliphatic heterocycles. The van der Waals surface area contributed by atoms with E-state index >= 15 is 0 Å². The molecule has 7 nitrogen and oxygen atoms in total. The quantitative estimate of drug-likeness (QED) is 0.114. The number of anilines is 2. The van der Waals surface area contributed by atoms with E-state index in [1.54, 1.807) is 24.5 Å². The molecule has 0 atom stereocenters. The van der Waals surface area contributed by atoms with E-state index in [4.69, 9.17) is 23.2 Å². The lowest BCUT2D eigenvalue weighted by atomic mass is 10.1. The van der Waals surface area contributed by atoms with Crippen molar-refractivity contribution in [3.8, 4) is 5.75 Å². The van der Waals surface area contributed by atoms with Crippen molar-refractivity contribution in [3.05, 3.63) is 137 Å². The summed E-state index contributed by atoms with van der Waals surface area (Å²) in [5.74, 6) is 0.245. The molecule has 0 unspecified atom stereocenters. The first-order chi connectivity index (χ1) is 21.9. The number of phenolic OH excluding ortho intramolecular Hbond substituents is 1. The van der Waals surface area contributed by atoms with E-state index < -0.39 is 0 Å². The van der Waals surface area contributed by atoms with Crippen LogP contribution in [0.3, 0.4) is 0 Å². The summed E-state index contributed by atoms with van der Waals surface area (Å²) in [6.07, 6.45) is 5.10. The van der Waals surface area contributed by atoms with Gasteiger partial charge in [0.2, 0.25) is 0 Å². The number of fused-ring (bicyclic) bond motifs is 2. The van der Waals surface area contributed by atoms with Gasteiger partial charge in [0.25, 0.3) is 0 Å². The summed E-state index contributed by atoms with van der Waals surface area (Å²) in [6, 6.07) is 32.2. The van der Waals surface area contributed by atoms with Gasteiger partial charge < -0.3 is 5.11 Å². The van der Waals surface area contributed by atoms with Crippen LogP contribution in [0.25, 0.3) is 21.8 Å². The van der Waals surface area contributed by atoms with Crippen LogP contribution in [0.5, 0.6) is 5.75 Å². The molecule has 0 aliphatic rings. The van der Waals surface area contributed by atoms with E-state index in [-0.39, 0.29) is 5.75 Å². The minimum Gasteiger partial charge on any atom is -0.508 e. The molecule has 0 bridgehead atoms. The number of hydrogen-bond acceptors (Lipinski definition) is 7. The fourth-order valence-corrected chi connectivity index (χ4v) is 5.01. The molecule has 45 heavy (non-hydrogen) atoms. The molecule has 226 valence electrons. The zero-order valence-electron chi connectivity index (χ0n) is 24.9. The lowest BCUT2D eigenvalue weighted by Crippen LogP contribution is -2.03. The Kier molecular flexibility index (Phi) is 10.6. The Bertz CT molecular complexity index is 1960. The molecule has 0 aliphatic carbocycles. The third-order valence-electron chi connectivity index (χ3n) is 7.01. The molecule has 4 aromatic carbocycles. The largest absolute Gasteiger partial charge is 0.508 e. The molecule has 0 radical (unpaired) electrons. The van der Waals surface area contributed by atoms with Gasteiger partial charge in [0.15, 0.2) is 0 Å². The number of nitrogens with one attached hydrogen (secondary N) is 2. The SMILES string of the molecule is CCC(=NNc1ccnc2cc(Cl)ccc12)c1ccc(O)cc1.CCC(=NNc1ccnc2cc(Cl)ccc12)c1ccccc1. The van der Waals surface area contributed by atoms with Gasteiger partial charge in [-0.1, -0.05) is 67.4 Å². The van der Waals surface area contributed by atoms with E-state index in [1.165, 1.54) is 0 Å². The van der Waals surface area contributed by atoms with Crippen LogP contribution in [-0.4, -0.2) is 26.5 Å². The highest BCUT2D eigenvalue weighted by atomic mass is 35.5. The minimum absolute atomic E-state index is 0.245. The Morgan fingerprint density at radius 2 is 1.09 bits per heavy atom. The van der Waals surface area contributed by atoms with Crippen LogP contribution < -0.4 is 10.9 Å². The lowest BCUT2D eigenvalue weighted by molar-refractivity contribution is 0.475. The van der Waals surface area contributed by atoms with E-state index in [2.05, 4.69) is 50.1 Å². The normalized spacial score (nSPS) is 11.6. The standard InChI is InChI=1S/C18H16ClN3O.C18H16ClN3/c1-2-16(12-3-6-14(23)7-4-12)21-22-17-9-10-20-18-11-13(19)5-8-15(17)18;1-2-16(13-6-4-3-5-7-13)21-22-17-10-11-20-18-12-14(19)8-9-15(17)18/h3-11,23H,2H2,1H3,(H,20,22);3-12H,2H2,1H3,(H,20,22). The number of halogens is 2. The van der Waals surface area contributed by atoms with Gasteiger partial charge in [-0.2, -0.15) is 10.2 Å². The summed E-state index contributed by atoms with van der Waals surface area (Å²) < 4.78 is 0. The molecular weight excluding hydrogens is 603 g/mol. The monoisotopic (exact) mass is 634 g/mol. The van der Waals surface area contributed by atoms with Crippen LogP contribution in [0.4, 0.5) is 11.4 Å². The van der Waals surface area contributed by atoms with E-state index in [1.807, 2.05) is 85.8 Å². The van der Waals surface area contributed by atoms with Crippen molar-refractivity contribution in [2.24, 2.45) is 10.2 Å². The van der Waals surface area contributed by atoms with Crippen molar-refractivity contribution in [3.63, 3.8) is 0 Å². The molecule has 0 saturated heterocycles. The van der Waals surface area contributed by atoms with Crippen molar-refractivity contribution in [1.29, 1.82) is 0 Å². The molecule has 6 rings (SSSR count). The van der Waals surface area contributed by atoms with Crippen LogP contribution in [0.2, 0.25) is 10.0 Å². The maximum absolute atomic E-state index is 9.39. The smallest absolute Gasteiger partial charge is 0.115 e. The summed E-state index contributed by atoms with van der Waals surface area (Å²) in [5.41, 5.74) is 13.8. The van der Waals surface area contributed by atoms with E-state index in [0.717, 1.165) is 68.6 Å². The number of rotatable bonds is 8. The van der Waals surface area contributed by atoms with E-state index in [9.17, 15) is 5.11 Å². The number of hydrazone groups is 2. The second-order valence-electron chi connectivity index (χ2n) is 10.0. The van der Waals surface area contributed by atoms with Gasteiger partial charge in [0.05, 0.1) is 33.8 Å². The number of aromatic nitrogens is 2. The van der Waals surface area contributed by atoms with Gasteiger partial charge in [-0.05, 0) is 96.8 Å².